The number of hydrogen-bond acceptors (Lipinski definition) is 3. The predicted molar refractivity (Wildman–Crippen MR) is 93.2 cm³/mol. The van der Waals surface area contributed by atoms with Crippen LogP contribution in [0.2, 0.25) is 0 Å². The summed E-state index contributed by atoms with van der Waals surface area (Å²) in [7, 11) is 0. The fourth-order valence-electron chi connectivity index (χ4n) is 3.05. The van der Waals surface area contributed by atoms with Gasteiger partial charge in [-0.25, -0.2) is 4.98 Å². The number of para-hydroxylation sites is 1. The number of nitrogens with zero attached hydrogens (tertiary/aromatic N) is 2. The third kappa shape index (κ3) is 3.39. The fourth-order valence-corrected chi connectivity index (χ4v) is 3.05. The first-order valence-electron chi connectivity index (χ1n) is 8.49. The molecule has 0 saturated carbocycles. The average molecular weight is 310 g/mol. The zero-order valence-corrected chi connectivity index (χ0v) is 14.8. The van der Waals surface area contributed by atoms with E-state index in [9.17, 15) is 0 Å². The van der Waals surface area contributed by atoms with Gasteiger partial charge in [0.15, 0.2) is 0 Å². The first kappa shape index (κ1) is 16.0. The molecule has 0 saturated heterocycles. The largest absolute Gasteiger partial charge is 0.438 e. The lowest BCUT2D eigenvalue weighted by molar-refractivity contribution is 0.302. The summed E-state index contributed by atoms with van der Waals surface area (Å²) in [6.07, 6.45) is 3.15. The lowest BCUT2D eigenvalue weighted by atomic mass is 9.76. The van der Waals surface area contributed by atoms with E-state index in [1.807, 2.05) is 18.2 Å². The summed E-state index contributed by atoms with van der Waals surface area (Å²) >= 11 is 0. The summed E-state index contributed by atoms with van der Waals surface area (Å²) in [6.45, 7) is 10.9. The molecule has 0 radical (unpaired) electrons. The van der Waals surface area contributed by atoms with Gasteiger partial charge in [-0.3, -0.25) is 0 Å². The van der Waals surface area contributed by atoms with Crippen LogP contribution in [0, 0.1) is 12.3 Å². The number of hydrogen-bond donors (Lipinski definition) is 0. The van der Waals surface area contributed by atoms with Crippen molar-refractivity contribution < 1.29 is 4.74 Å². The van der Waals surface area contributed by atoms with Gasteiger partial charge in [0.05, 0.1) is 5.69 Å². The van der Waals surface area contributed by atoms with Gasteiger partial charge in [-0.15, -0.1) is 0 Å². The van der Waals surface area contributed by atoms with Crippen LogP contribution in [0.25, 0.3) is 0 Å². The van der Waals surface area contributed by atoms with E-state index in [1.54, 1.807) is 0 Å². The molecule has 0 aliphatic heterocycles. The maximum Gasteiger partial charge on any atom is 0.226 e. The van der Waals surface area contributed by atoms with Gasteiger partial charge >= 0.3 is 0 Å². The molecule has 1 aromatic carbocycles. The van der Waals surface area contributed by atoms with Gasteiger partial charge in [0.2, 0.25) is 5.88 Å². The minimum absolute atomic E-state index is 0.277. The topological polar surface area (TPSA) is 35.0 Å². The molecule has 1 heterocycles. The molecular weight excluding hydrogens is 284 g/mol. The molecule has 2 aromatic rings. The highest BCUT2D eigenvalue weighted by Crippen LogP contribution is 2.39. The molecule has 1 aliphatic rings. The van der Waals surface area contributed by atoms with Gasteiger partial charge in [-0.2, -0.15) is 4.98 Å². The van der Waals surface area contributed by atoms with Crippen molar-refractivity contribution in [1.29, 1.82) is 0 Å². The van der Waals surface area contributed by atoms with E-state index < -0.39 is 0 Å². The molecule has 3 heteroatoms. The molecule has 1 aromatic heterocycles. The van der Waals surface area contributed by atoms with Crippen molar-refractivity contribution in [1.82, 2.24) is 9.97 Å². The Hall–Kier alpha value is -1.90. The van der Waals surface area contributed by atoms with Crippen molar-refractivity contribution in [3.05, 3.63) is 46.9 Å². The van der Waals surface area contributed by atoms with Crippen LogP contribution in [-0.4, -0.2) is 9.97 Å². The monoisotopic (exact) mass is 310 g/mol. The standard InChI is InChI=1S/C20H26N2O/c1-13(2)18-21-16-10-11-20(4,5)12-15(16)19(22-18)23-17-9-7-6-8-14(17)3/h6-9,13H,10-12H2,1-5H3. The van der Waals surface area contributed by atoms with Crippen molar-refractivity contribution >= 4 is 0 Å². The Morgan fingerprint density at radius 3 is 2.57 bits per heavy atom. The fraction of sp³-hybridized carbons (Fsp3) is 0.500. The number of benzene rings is 1. The highest BCUT2D eigenvalue weighted by atomic mass is 16.5. The molecule has 23 heavy (non-hydrogen) atoms. The Morgan fingerprint density at radius 1 is 1.13 bits per heavy atom. The molecular formula is C20H26N2O. The highest BCUT2D eigenvalue weighted by molar-refractivity contribution is 5.40. The van der Waals surface area contributed by atoms with Crippen LogP contribution in [0.3, 0.4) is 0 Å². The third-order valence-corrected chi connectivity index (χ3v) is 4.58. The minimum atomic E-state index is 0.277. The van der Waals surface area contributed by atoms with Crippen LogP contribution in [0.1, 0.15) is 62.7 Å². The summed E-state index contributed by atoms with van der Waals surface area (Å²) in [5.41, 5.74) is 3.76. The second-order valence-corrected chi connectivity index (χ2v) is 7.68. The number of aryl methyl sites for hydroxylation is 2. The molecule has 0 spiro atoms. The number of ether oxygens (including phenoxy) is 1. The van der Waals surface area contributed by atoms with Gasteiger partial charge in [0.25, 0.3) is 0 Å². The van der Waals surface area contributed by atoms with E-state index in [4.69, 9.17) is 14.7 Å². The van der Waals surface area contributed by atoms with Gasteiger partial charge in [0, 0.05) is 11.5 Å². The Balaban J connectivity index is 2.07. The number of fused-ring (bicyclic) bond motifs is 1. The zero-order chi connectivity index (χ0) is 16.6. The Labute approximate surface area is 139 Å². The number of rotatable bonds is 3. The SMILES string of the molecule is Cc1ccccc1Oc1nc(C(C)C)nc2c1CC(C)(C)CC2. The summed E-state index contributed by atoms with van der Waals surface area (Å²) in [4.78, 5) is 9.57. The molecule has 0 N–H and O–H groups in total. The van der Waals surface area contributed by atoms with Crippen molar-refractivity contribution in [2.45, 2.75) is 59.8 Å². The van der Waals surface area contributed by atoms with Crippen LogP contribution in [-0.2, 0) is 12.8 Å². The van der Waals surface area contributed by atoms with Crippen molar-refractivity contribution in [2.75, 3.05) is 0 Å². The minimum Gasteiger partial charge on any atom is -0.438 e. The van der Waals surface area contributed by atoms with E-state index in [0.29, 0.717) is 5.92 Å². The first-order valence-corrected chi connectivity index (χ1v) is 8.49. The van der Waals surface area contributed by atoms with E-state index in [2.05, 4.69) is 40.7 Å². The number of aromatic nitrogens is 2. The molecule has 0 atom stereocenters. The van der Waals surface area contributed by atoms with Crippen molar-refractivity contribution in [3.63, 3.8) is 0 Å². The normalized spacial score (nSPS) is 16.3. The van der Waals surface area contributed by atoms with Crippen LogP contribution >= 0.6 is 0 Å². The maximum absolute atomic E-state index is 6.24. The average Bonchev–Trinajstić information content (AvgIpc) is 2.49. The van der Waals surface area contributed by atoms with Gasteiger partial charge in [-0.1, -0.05) is 45.9 Å². The quantitative estimate of drug-likeness (QED) is 0.780. The van der Waals surface area contributed by atoms with Crippen LogP contribution in [0.4, 0.5) is 0 Å². The van der Waals surface area contributed by atoms with Crippen LogP contribution in [0.5, 0.6) is 11.6 Å². The maximum atomic E-state index is 6.24. The Kier molecular flexibility index (Phi) is 4.13. The van der Waals surface area contributed by atoms with Gasteiger partial charge in [-0.05, 0) is 43.2 Å². The molecule has 0 amide bonds. The molecule has 0 unspecified atom stereocenters. The summed E-state index contributed by atoms with van der Waals surface area (Å²) < 4.78 is 6.24. The zero-order valence-electron chi connectivity index (χ0n) is 14.8. The summed E-state index contributed by atoms with van der Waals surface area (Å²) in [5.74, 6) is 2.81. The lowest BCUT2D eigenvalue weighted by Gasteiger charge is -2.31. The van der Waals surface area contributed by atoms with E-state index >= 15 is 0 Å². The molecule has 122 valence electrons. The second kappa shape index (κ2) is 5.95. The first-order chi connectivity index (χ1) is 10.9. The summed E-state index contributed by atoms with van der Waals surface area (Å²) in [6, 6.07) is 8.10. The smallest absolute Gasteiger partial charge is 0.226 e. The molecule has 3 nitrogen and oxygen atoms in total. The second-order valence-electron chi connectivity index (χ2n) is 7.68. The van der Waals surface area contributed by atoms with Crippen LogP contribution < -0.4 is 4.74 Å². The predicted octanol–water partition coefficient (Wildman–Crippen LogP) is 5.22. The highest BCUT2D eigenvalue weighted by Gasteiger charge is 2.30. The van der Waals surface area contributed by atoms with Crippen LogP contribution in [0.15, 0.2) is 24.3 Å². The lowest BCUT2D eigenvalue weighted by Crippen LogP contribution is -2.25. The Morgan fingerprint density at radius 2 is 1.87 bits per heavy atom. The molecule has 0 fully saturated rings. The van der Waals surface area contributed by atoms with E-state index in [-0.39, 0.29) is 5.41 Å². The van der Waals surface area contributed by atoms with Crippen molar-refractivity contribution in [3.8, 4) is 11.6 Å². The van der Waals surface area contributed by atoms with Gasteiger partial charge < -0.3 is 4.74 Å². The van der Waals surface area contributed by atoms with E-state index in [0.717, 1.165) is 35.9 Å². The molecule has 3 rings (SSSR count). The van der Waals surface area contributed by atoms with E-state index in [1.165, 1.54) is 17.7 Å². The third-order valence-electron chi connectivity index (χ3n) is 4.58. The Bertz CT molecular complexity index is 720. The molecule has 1 aliphatic carbocycles. The summed E-state index contributed by atoms with van der Waals surface area (Å²) in [5, 5.41) is 0. The van der Waals surface area contributed by atoms with Gasteiger partial charge in [0.1, 0.15) is 11.6 Å². The molecule has 0 bridgehead atoms. The van der Waals surface area contributed by atoms with Crippen molar-refractivity contribution in [2.24, 2.45) is 5.41 Å².